The second-order valence-electron chi connectivity index (χ2n) is 14.1. The van der Waals surface area contributed by atoms with E-state index in [0.717, 1.165) is 53.8 Å². The molecule has 0 aromatic carbocycles. The normalized spacial score (nSPS) is 29.8. The van der Waals surface area contributed by atoms with Gasteiger partial charge in [0.05, 0.1) is 0 Å². The molecule has 4 unspecified atom stereocenters. The van der Waals surface area contributed by atoms with Crippen molar-refractivity contribution >= 4 is 0 Å². The van der Waals surface area contributed by atoms with Crippen molar-refractivity contribution in [1.29, 1.82) is 0 Å². The summed E-state index contributed by atoms with van der Waals surface area (Å²) < 4.78 is 0. The zero-order valence-corrected chi connectivity index (χ0v) is 26.4. The first-order chi connectivity index (χ1) is 18.0. The van der Waals surface area contributed by atoms with Crippen molar-refractivity contribution in [3.63, 3.8) is 0 Å². The summed E-state index contributed by atoms with van der Waals surface area (Å²) in [7, 11) is 6.69. The van der Waals surface area contributed by atoms with Crippen molar-refractivity contribution < 1.29 is 0 Å². The third-order valence-electron chi connectivity index (χ3n) is 9.94. The highest BCUT2D eigenvalue weighted by atomic mass is 15.5. The largest absolute Gasteiger partial charge is 0.303 e. The lowest BCUT2D eigenvalue weighted by Crippen LogP contribution is -2.49. The zero-order chi connectivity index (χ0) is 27.9. The number of hydrazine groups is 1. The van der Waals surface area contributed by atoms with E-state index in [0.29, 0.717) is 0 Å². The first-order valence-electron chi connectivity index (χ1n) is 15.8. The van der Waals surface area contributed by atoms with Gasteiger partial charge in [0.15, 0.2) is 0 Å². The molecule has 1 aromatic rings. The van der Waals surface area contributed by atoms with E-state index < -0.39 is 0 Å². The molecule has 0 bridgehead atoms. The number of rotatable bonds is 5. The van der Waals surface area contributed by atoms with E-state index in [9.17, 15) is 0 Å². The Morgan fingerprint density at radius 1 is 0.921 bits per heavy atom. The first-order valence-corrected chi connectivity index (χ1v) is 15.8. The van der Waals surface area contributed by atoms with Crippen LogP contribution in [-0.2, 0) is 6.42 Å². The molecule has 5 nitrogen and oxygen atoms in total. The number of nitrogens with one attached hydrogen (secondary N) is 1. The fourth-order valence-corrected chi connectivity index (χ4v) is 7.23. The molecule has 1 aliphatic carbocycles. The van der Waals surface area contributed by atoms with Crippen molar-refractivity contribution in [2.24, 2.45) is 29.1 Å². The number of piperidine rings is 1. The molecular weight excluding hydrogens is 466 g/mol. The summed E-state index contributed by atoms with van der Waals surface area (Å²) in [4.78, 5) is 9.27. The number of hydrogen-bond donors (Lipinski definition) is 1. The quantitative estimate of drug-likeness (QED) is 0.482. The van der Waals surface area contributed by atoms with Crippen LogP contribution in [0.25, 0.3) is 0 Å². The summed E-state index contributed by atoms with van der Waals surface area (Å²) in [5.41, 5.74) is 5.55. The standard InChI is InChI=1S/C14H22N2.C11H21N.C8H18N2/c1-11(2)14-8-13(10-16(14)3)7-12-5-4-6-15-9-12;1-9(2)10-8-11(4-5-11)6-7-12(10)3;1-7(2)8-5-4-6-9-10(8)3/h4-6,9,11,13-14H,7-8,10H2,1-3H3;9-10H,4-8H2,1-3H3;7-9H,4-6H2,1-3H3. The lowest BCUT2D eigenvalue weighted by molar-refractivity contribution is 0.0860. The van der Waals surface area contributed by atoms with Crippen LogP contribution in [-0.4, -0.2) is 78.7 Å². The molecule has 38 heavy (non-hydrogen) atoms. The highest BCUT2D eigenvalue weighted by Crippen LogP contribution is 2.55. The lowest BCUT2D eigenvalue weighted by Gasteiger charge is -2.39. The summed E-state index contributed by atoms with van der Waals surface area (Å²) in [6.07, 6.45) is 15.0. The van der Waals surface area contributed by atoms with Gasteiger partial charge in [0.25, 0.3) is 0 Å². The Labute approximate surface area is 236 Å². The minimum absolute atomic E-state index is 0.744. The Kier molecular flexibility index (Phi) is 12.1. The molecule has 4 heterocycles. The number of aromatic nitrogens is 1. The summed E-state index contributed by atoms with van der Waals surface area (Å²) >= 11 is 0. The molecule has 5 rings (SSSR count). The number of pyridine rings is 1. The molecule has 3 aliphatic heterocycles. The number of nitrogens with zero attached hydrogens (tertiary/aromatic N) is 4. The van der Waals surface area contributed by atoms with Gasteiger partial charge < -0.3 is 9.80 Å². The van der Waals surface area contributed by atoms with Crippen molar-refractivity contribution in [1.82, 2.24) is 25.2 Å². The van der Waals surface area contributed by atoms with Crippen molar-refractivity contribution in [3.8, 4) is 0 Å². The van der Waals surface area contributed by atoms with Crippen LogP contribution >= 0.6 is 0 Å². The minimum Gasteiger partial charge on any atom is -0.303 e. The fraction of sp³-hybridized carbons (Fsp3) is 0.848. The van der Waals surface area contributed by atoms with Gasteiger partial charge in [-0.05, 0) is 113 Å². The molecule has 5 heteroatoms. The van der Waals surface area contributed by atoms with Gasteiger partial charge in [-0.2, -0.15) is 0 Å². The van der Waals surface area contributed by atoms with Crippen molar-refractivity contribution in [3.05, 3.63) is 30.1 Å². The Bertz CT molecular complexity index is 790. The molecular formula is C33H61N5. The number of hydrogen-bond acceptors (Lipinski definition) is 5. The molecule has 4 aliphatic rings. The van der Waals surface area contributed by atoms with E-state index in [-0.39, 0.29) is 0 Å². The second-order valence-corrected chi connectivity index (χ2v) is 14.1. The van der Waals surface area contributed by atoms with Gasteiger partial charge in [-0.15, -0.1) is 0 Å². The monoisotopic (exact) mass is 527 g/mol. The van der Waals surface area contributed by atoms with Crippen LogP contribution in [0, 0.1) is 29.1 Å². The predicted octanol–water partition coefficient (Wildman–Crippen LogP) is 6.36. The average molecular weight is 528 g/mol. The molecule has 218 valence electrons. The smallest absolute Gasteiger partial charge is 0.0299 e. The third kappa shape index (κ3) is 9.28. The summed E-state index contributed by atoms with van der Waals surface area (Å²) in [6.45, 7) is 17.7. The van der Waals surface area contributed by atoms with E-state index in [1.807, 2.05) is 18.5 Å². The van der Waals surface area contributed by atoms with E-state index in [2.05, 4.69) is 94.0 Å². The highest BCUT2D eigenvalue weighted by molar-refractivity contribution is 5.10. The Balaban J connectivity index is 0.000000163. The maximum absolute atomic E-state index is 4.19. The van der Waals surface area contributed by atoms with E-state index in [4.69, 9.17) is 0 Å². The lowest BCUT2D eigenvalue weighted by atomic mass is 9.83. The Morgan fingerprint density at radius 3 is 2.11 bits per heavy atom. The topological polar surface area (TPSA) is 34.6 Å². The zero-order valence-electron chi connectivity index (χ0n) is 26.4. The van der Waals surface area contributed by atoms with Gasteiger partial charge in [-0.3, -0.25) is 10.4 Å². The SMILES string of the molecule is CC(C)C1CC(Cc2cccnc2)CN1C.CC(C)C1CC2(CCN1C)CC2.CC(C)C1CCCNN1C. The average Bonchev–Trinajstić information content (AvgIpc) is 3.53. The third-order valence-corrected chi connectivity index (χ3v) is 9.94. The summed E-state index contributed by atoms with van der Waals surface area (Å²) in [6, 6.07) is 6.60. The van der Waals surface area contributed by atoms with E-state index >= 15 is 0 Å². The maximum atomic E-state index is 4.19. The molecule has 0 radical (unpaired) electrons. The Morgan fingerprint density at radius 2 is 1.61 bits per heavy atom. The van der Waals surface area contributed by atoms with E-state index in [1.54, 1.807) is 0 Å². The Hall–Kier alpha value is -1.01. The van der Waals surface area contributed by atoms with Crippen LogP contribution in [0.2, 0.25) is 0 Å². The van der Waals surface area contributed by atoms with Gasteiger partial charge in [0, 0.05) is 50.7 Å². The first kappa shape index (κ1) is 31.5. The predicted molar refractivity (Wildman–Crippen MR) is 163 cm³/mol. The van der Waals surface area contributed by atoms with Crippen LogP contribution in [0.1, 0.15) is 92.1 Å². The molecule has 1 spiro atoms. The molecule has 3 saturated heterocycles. The van der Waals surface area contributed by atoms with Crippen LogP contribution in [0.5, 0.6) is 0 Å². The van der Waals surface area contributed by atoms with Crippen LogP contribution in [0.15, 0.2) is 24.5 Å². The van der Waals surface area contributed by atoms with Gasteiger partial charge in [0.2, 0.25) is 0 Å². The molecule has 1 aromatic heterocycles. The molecule has 4 atom stereocenters. The molecule has 4 fully saturated rings. The number of likely N-dealkylation sites (tertiary alicyclic amines) is 2. The minimum atomic E-state index is 0.744. The van der Waals surface area contributed by atoms with Gasteiger partial charge in [-0.1, -0.05) is 47.6 Å². The molecule has 1 saturated carbocycles. The summed E-state index contributed by atoms with van der Waals surface area (Å²) in [5, 5.41) is 2.26. The van der Waals surface area contributed by atoms with Gasteiger partial charge in [-0.25, -0.2) is 5.01 Å². The molecule has 1 N–H and O–H groups in total. The second kappa shape index (κ2) is 14.6. The van der Waals surface area contributed by atoms with Crippen LogP contribution in [0.4, 0.5) is 0 Å². The van der Waals surface area contributed by atoms with E-state index in [1.165, 1.54) is 70.0 Å². The van der Waals surface area contributed by atoms with Gasteiger partial charge >= 0.3 is 0 Å². The van der Waals surface area contributed by atoms with Crippen LogP contribution < -0.4 is 5.43 Å². The highest BCUT2D eigenvalue weighted by Gasteiger charge is 2.47. The van der Waals surface area contributed by atoms with Crippen molar-refractivity contribution in [2.75, 3.05) is 40.8 Å². The van der Waals surface area contributed by atoms with Gasteiger partial charge in [0.1, 0.15) is 0 Å². The molecule has 0 amide bonds. The fourth-order valence-electron chi connectivity index (χ4n) is 7.23. The summed E-state index contributed by atoms with van der Waals surface area (Å²) in [5.74, 6) is 3.19. The van der Waals surface area contributed by atoms with Crippen molar-refractivity contribution in [2.45, 2.75) is 111 Å². The van der Waals surface area contributed by atoms with Crippen LogP contribution in [0.3, 0.4) is 0 Å². The maximum Gasteiger partial charge on any atom is 0.0299 e.